The second-order valence-electron chi connectivity index (χ2n) is 10.2. The molecule has 3 aromatic rings. The molecule has 0 radical (unpaired) electrons. The van der Waals surface area contributed by atoms with E-state index in [1.807, 2.05) is 20.8 Å². The number of nitrogens with zero attached hydrogens (tertiary/aromatic N) is 2. The molecule has 1 N–H and O–H groups in total. The molecule has 0 bridgehead atoms. The number of amides is 2. The number of halogens is 2. The Bertz CT molecular complexity index is 1590. The lowest BCUT2D eigenvalue weighted by Crippen LogP contribution is -2.52. The summed E-state index contributed by atoms with van der Waals surface area (Å²) in [5.41, 5.74) is 0.746. The molecule has 3 aromatic carbocycles. The number of carbonyl (C=O) groups is 2. The zero-order valence-corrected chi connectivity index (χ0v) is 28.5. The first-order chi connectivity index (χ1) is 21.4. The third-order valence-electron chi connectivity index (χ3n) is 7.18. The number of hydrogen-bond acceptors (Lipinski definition) is 7. The number of rotatable bonds is 15. The number of sulfonamides is 1. The molecule has 13 heteroatoms. The van der Waals surface area contributed by atoms with Crippen LogP contribution in [0.1, 0.15) is 39.7 Å². The predicted molar refractivity (Wildman–Crippen MR) is 176 cm³/mol. The molecule has 2 atom stereocenters. The molecule has 244 valence electrons. The Morgan fingerprint density at radius 3 is 2.16 bits per heavy atom. The highest BCUT2D eigenvalue weighted by atomic mass is 35.5. The summed E-state index contributed by atoms with van der Waals surface area (Å²) in [5, 5.41) is 3.61. The summed E-state index contributed by atoms with van der Waals surface area (Å²) in [6.45, 7) is 6.93. The average molecular weight is 681 g/mol. The van der Waals surface area contributed by atoms with Crippen molar-refractivity contribution in [2.75, 3.05) is 31.7 Å². The van der Waals surface area contributed by atoms with E-state index in [0.29, 0.717) is 40.1 Å². The van der Waals surface area contributed by atoms with E-state index in [1.54, 1.807) is 49.4 Å². The van der Waals surface area contributed by atoms with Crippen molar-refractivity contribution >= 4 is 50.7 Å². The average Bonchev–Trinajstić information content (AvgIpc) is 3.02. The van der Waals surface area contributed by atoms with Gasteiger partial charge >= 0.3 is 0 Å². The van der Waals surface area contributed by atoms with Crippen LogP contribution in [-0.2, 0) is 26.2 Å². The van der Waals surface area contributed by atoms with Gasteiger partial charge < -0.3 is 24.4 Å². The van der Waals surface area contributed by atoms with Crippen LogP contribution in [-0.4, -0.2) is 64.6 Å². The minimum atomic E-state index is -4.36. The summed E-state index contributed by atoms with van der Waals surface area (Å²) in [4.78, 5) is 28.6. The van der Waals surface area contributed by atoms with Crippen molar-refractivity contribution in [1.29, 1.82) is 0 Å². The molecule has 2 amide bonds. The third-order valence-corrected chi connectivity index (χ3v) is 9.54. The van der Waals surface area contributed by atoms with Gasteiger partial charge in [0.15, 0.2) is 11.5 Å². The Kier molecular flexibility index (Phi) is 12.8. The van der Waals surface area contributed by atoms with Crippen molar-refractivity contribution in [3.8, 4) is 17.2 Å². The van der Waals surface area contributed by atoms with Gasteiger partial charge in [-0.2, -0.15) is 0 Å². The molecule has 0 aliphatic heterocycles. The van der Waals surface area contributed by atoms with Crippen LogP contribution in [0.2, 0.25) is 10.0 Å². The van der Waals surface area contributed by atoms with Crippen molar-refractivity contribution in [2.45, 2.75) is 57.6 Å². The first kappa shape index (κ1) is 35.8. The van der Waals surface area contributed by atoms with E-state index < -0.39 is 34.4 Å². The van der Waals surface area contributed by atoms with Gasteiger partial charge in [-0.05, 0) is 81.3 Å². The SMILES string of the molecule is CCOc1ccc(N(CC(=O)N(Cc2ccc(Cl)cc2Cl)[C@H](C)C(=O)N[C@H](C)CC)S(=O)(=O)c2ccc(OC)c(OC)c2)cc1. The second kappa shape index (κ2) is 16.1. The lowest BCUT2D eigenvalue weighted by Gasteiger charge is -2.32. The zero-order valence-electron chi connectivity index (χ0n) is 26.2. The Hall–Kier alpha value is -3.67. The molecular formula is C32H39Cl2N3O7S. The summed E-state index contributed by atoms with van der Waals surface area (Å²) >= 11 is 12.5. The molecule has 0 unspecified atom stereocenters. The van der Waals surface area contributed by atoms with Gasteiger partial charge in [0, 0.05) is 28.7 Å². The summed E-state index contributed by atoms with van der Waals surface area (Å²) in [5.74, 6) is 0.0486. The molecule has 45 heavy (non-hydrogen) atoms. The van der Waals surface area contributed by atoms with E-state index >= 15 is 0 Å². The molecule has 3 rings (SSSR count). The smallest absolute Gasteiger partial charge is 0.264 e. The number of carbonyl (C=O) groups excluding carboxylic acids is 2. The predicted octanol–water partition coefficient (Wildman–Crippen LogP) is 5.94. The maximum Gasteiger partial charge on any atom is 0.264 e. The van der Waals surface area contributed by atoms with Gasteiger partial charge in [0.1, 0.15) is 18.3 Å². The van der Waals surface area contributed by atoms with Crippen LogP contribution in [0.15, 0.2) is 65.6 Å². The molecular weight excluding hydrogens is 641 g/mol. The number of nitrogens with one attached hydrogen (secondary N) is 1. The fourth-order valence-electron chi connectivity index (χ4n) is 4.39. The van der Waals surface area contributed by atoms with Crippen LogP contribution < -0.4 is 23.8 Å². The van der Waals surface area contributed by atoms with Crippen LogP contribution in [0.4, 0.5) is 5.69 Å². The highest BCUT2D eigenvalue weighted by Gasteiger charge is 2.33. The van der Waals surface area contributed by atoms with Gasteiger partial charge in [-0.3, -0.25) is 13.9 Å². The molecule has 0 spiro atoms. The first-order valence-corrected chi connectivity index (χ1v) is 16.6. The van der Waals surface area contributed by atoms with Crippen molar-refractivity contribution in [3.05, 3.63) is 76.3 Å². The first-order valence-electron chi connectivity index (χ1n) is 14.4. The fraction of sp³-hybridized carbons (Fsp3) is 0.375. The van der Waals surface area contributed by atoms with Crippen LogP contribution in [0.5, 0.6) is 17.2 Å². The largest absolute Gasteiger partial charge is 0.494 e. The van der Waals surface area contributed by atoms with Crippen LogP contribution in [0.3, 0.4) is 0 Å². The van der Waals surface area contributed by atoms with E-state index in [2.05, 4.69) is 5.32 Å². The van der Waals surface area contributed by atoms with E-state index in [-0.39, 0.29) is 28.9 Å². The summed E-state index contributed by atoms with van der Waals surface area (Å²) in [6, 6.07) is 14.2. The Balaban J connectivity index is 2.10. The number of benzene rings is 3. The normalized spacial score (nSPS) is 12.5. The number of hydrogen-bond donors (Lipinski definition) is 1. The van der Waals surface area contributed by atoms with Gasteiger partial charge in [0.2, 0.25) is 11.8 Å². The quantitative estimate of drug-likeness (QED) is 0.212. The van der Waals surface area contributed by atoms with Gasteiger partial charge in [-0.15, -0.1) is 0 Å². The maximum atomic E-state index is 14.2. The molecule has 0 aliphatic rings. The molecule has 0 aliphatic carbocycles. The highest BCUT2D eigenvalue weighted by Crippen LogP contribution is 2.33. The Morgan fingerprint density at radius 1 is 0.911 bits per heavy atom. The lowest BCUT2D eigenvalue weighted by atomic mass is 10.1. The van der Waals surface area contributed by atoms with Gasteiger partial charge in [-0.1, -0.05) is 36.2 Å². The molecule has 10 nitrogen and oxygen atoms in total. The van der Waals surface area contributed by atoms with Gasteiger partial charge in [-0.25, -0.2) is 8.42 Å². The van der Waals surface area contributed by atoms with E-state index in [9.17, 15) is 18.0 Å². The van der Waals surface area contributed by atoms with E-state index in [4.69, 9.17) is 37.4 Å². The van der Waals surface area contributed by atoms with Crippen molar-refractivity contribution in [3.63, 3.8) is 0 Å². The number of methoxy groups -OCH3 is 2. The fourth-order valence-corrected chi connectivity index (χ4v) is 6.29. The van der Waals surface area contributed by atoms with Crippen LogP contribution >= 0.6 is 23.2 Å². The molecule has 0 fully saturated rings. The maximum absolute atomic E-state index is 14.2. The number of anilines is 1. The van der Waals surface area contributed by atoms with E-state index in [1.165, 1.54) is 37.3 Å². The standard InChI is InChI=1S/C32H39Cl2N3O7S/c1-7-21(3)35-32(39)22(4)36(19-23-9-10-24(33)17-28(23)34)31(38)20-37(25-11-13-26(14-12-25)44-8-2)45(40,41)27-15-16-29(42-5)30(18-27)43-6/h9-18,21-22H,7-8,19-20H2,1-6H3,(H,35,39)/t21-,22-/m1/s1. The van der Waals surface area contributed by atoms with Gasteiger partial charge in [0.05, 0.1) is 31.4 Å². The molecule has 0 heterocycles. The molecule has 0 saturated heterocycles. The Labute approximate surface area is 275 Å². The van der Waals surface area contributed by atoms with Crippen molar-refractivity contribution in [2.24, 2.45) is 0 Å². The third kappa shape index (κ3) is 8.96. The van der Waals surface area contributed by atoms with Gasteiger partial charge in [0.25, 0.3) is 10.0 Å². The second-order valence-corrected chi connectivity index (χ2v) is 12.9. The number of ether oxygens (including phenoxy) is 3. The van der Waals surface area contributed by atoms with Crippen LogP contribution in [0, 0.1) is 0 Å². The minimum absolute atomic E-state index is 0.0720. The van der Waals surface area contributed by atoms with E-state index in [0.717, 1.165) is 4.31 Å². The highest BCUT2D eigenvalue weighted by molar-refractivity contribution is 7.92. The molecule has 0 saturated carbocycles. The Morgan fingerprint density at radius 2 is 1.58 bits per heavy atom. The van der Waals surface area contributed by atoms with Crippen LogP contribution in [0.25, 0.3) is 0 Å². The summed E-state index contributed by atoms with van der Waals surface area (Å²) in [6.07, 6.45) is 0.685. The molecule has 0 aromatic heterocycles. The van der Waals surface area contributed by atoms with Crippen molar-refractivity contribution < 1.29 is 32.2 Å². The lowest BCUT2D eigenvalue weighted by molar-refractivity contribution is -0.139. The minimum Gasteiger partial charge on any atom is -0.494 e. The van der Waals surface area contributed by atoms with Crippen molar-refractivity contribution in [1.82, 2.24) is 10.2 Å². The summed E-state index contributed by atoms with van der Waals surface area (Å²) < 4.78 is 45.6. The zero-order chi connectivity index (χ0) is 33.3. The topological polar surface area (TPSA) is 114 Å². The summed E-state index contributed by atoms with van der Waals surface area (Å²) in [7, 11) is -1.52. The monoisotopic (exact) mass is 679 g/mol.